The SMILES string of the molecule is CCC1(CC)CCN(c2ccc(C=O)cc2Cl)C1. The molecule has 0 bridgehead atoms. The van der Waals surface area contributed by atoms with Crippen LogP contribution in [-0.2, 0) is 0 Å². The Morgan fingerprint density at radius 1 is 1.39 bits per heavy atom. The quantitative estimate of drug-likeness (QED) is 0.762. The Morgan fingerprint density at radius 2 is 2.11 bits per heavy atom. The van der Waals surface area contributed by atoms with Crippen LogP contribution < -0.4 is 4.90 Å². The van der Waals surface area contributed by atoms with Gasteiger partial charge >= 0.3 is 0 Å². The molecule has 0 aromatic heterocycles. The van der Waals surface area contributed by atoms with E-state index in [0.29, 0.717) is 16.0 Å². The predicted molar refractivity (Wildman–Crippen MR) is 76.7 cm³/mol. The minimum atomic E-state index is 0.437. The van der Waals surface area contributed by atoms with Crippen LogP contribution in [0.4, 0.5) is 5.69 Å². The molecular formula is C15H20ClNO. The predicted octanol–water partition coefficient (Wildman–Crippen LogP) is 4.17. The topological polar surface area (TPSA) is 20.3 Å². The summed E-state index contributed by atoms with van der Waals surface area (Å²) in [5.41, 5.74) is 2.14. The van der Waals surface area contributed by atoms with Gasteiger partial charge in [0.15, 0.2) is 0 Å². The molecule has 0 saturated carbocycles. The number of halogens is 1. The average Bonchev–Trinajstić information content (AvgIpc) is 2.83. The van der Waals surface area contributed by atoms with Crippen molar-refractivity contribution < 1.29 is 4.79 Å². The number of benzene rings is 1. The normalized spacial score (nSPS) is 18.1. The van der Waals surface area contributed by atoms with Crippen LogP contribution in [0.1, 0.15) is 43.5 Å². The second-order valence-electron chi connectivity index (χ2n) is 5.21. The maximum absolute atomic E-state index is 10.7. The first-order chi connectivity index (χ1) is 8.64. The first-order valence-electron chi connectivity index (χ1n) is 6.64. The van der Waals surface area contributed by atoms with Crippen molar-refractivity contribution in [2.45, 2.75) is 33.1 Å². The van der Waals surface area contributed by atoms with Crippen molar-refractivity contribution >= 4 is 23.6 Å². The van der Waals surface area contributed by atoms with E-state index in [0.717, 1.165) is 25.1 Å². The van der Waals surface area contributed by atoms with Crippen molar-refractivity contribution in [1.82, 2.24) is 0 Å². The second-order valence-corrected chi connectivity index (χ2v) is 5.61. The molecule has 18 heavy (non-hydrogen) atoms. The number of hydrogen-bond acceptors (Lipinski definition) is 2. The van der Waals surface area contributed by atoms with E-state index in [1.807, 2.05) is 12.1 Å². The number of hydrogen-bond donors (Lipinski definition) is 0. The van der Waals surface area contributed by atoms with Gasteiger partial charge < -0.3 is 4.90 Å². The van der Waals surface area contributed by atoms with Gasteiger partial charge in [-0.1, -0.05) is 25.4 Å². The summed E-state index contributed by atoms with van der Waals surface area (Å²) in [7, 11) is 0. The molecule has 1 aliphatic heterocycles. The Hall–Kier alpha value is -1.02. The van der Waals surface area contributed by atoms with Crippen molar-refractivity contribution in [2.24, 2.45) is 5.41 Å². The first-order valence-corrected chi connectivity index (χ1v) is 7.01. The third kappa shape index (κ3) is 2.39. The molecule has 0 spiro atoms. The van der Waals surface area contributed by atoms with Gasteiger partial charge in [0.2, 0.25) is 0 Å². The number of nitrogens with zero attached hydrogens (tertiary/aromatic N) is 1. The second kappa shape index (κ2) is 5.31. The summed E-state index contributed by atoms with van der Waals surface area (Å²) in [4.78, 5) is 13.1. The van der Waals surface area contributed by atoms with Gasteiger partial charge in [0.05, 0.1) is 10.7 Å². The van der Waals surface area contributed by atoms with E-state index in [9.17, 15) is 4.79 Å². The molecule has 0 N–H and O–H groups in total. The molecule has 1 fully saturated rings. The van der Waals surface area contributed by atoms with Gasteiger partial charge in [-0.2, -0.15) is 0 Å². The minimum absolute atomic E-state index is 0.437. The number of rotatable bonds is 4. The molecule has 2 rings (SSSR count). The lowest BCUT2D eigenvalue weighted by atomic mass is 9.82. The minimum Gasteiger partial charge on any atom is -0.370 e. The Labute approximate surface area is 114 Å². The summed E-state index contributed by atoms with van der Waals surface area (Å²) >= 11 is 6.27. The summed E-state index contributed by atoms with van der Waals surface area (Å²) in [6, 6.07) is 5.56. The summed E-state index contributed by atoms with van der Waals surface area (Å²) in [5.74, 6) is 0. The molecule has 0 radical (unpaired) electrons. The fraction of sp³-hybridized carbons (Fsp3) is 0.533. The van der Waals surface area contributed by atoms with E-state index in [1.165, 1.54) is 19.3 Å². The van der Waals surface area contributed by atoms with Crippen LogP contribution in [0.3, 0.4) is 0 Å². The maximum atomic E-state index is 10.7. The van der Waals surface area contributed by atoms with Crippen molar-refractivity contribution in [3.05, 3.63) is 28.8 Å². The van der Waals surface area contributed by atoms with E-state index in [2.05, 4.69) is 18.7 Å². The zero-order valence-electron chi connectivity index (χ0n) is 11.1. The van der Waals surface area contributed by atoms with Gasteiger partial charge in [-0.3, -0.25) is 4.79 Å². The van der Waals surface area contributed by atoms with Gasteiger partial charge in [0.25, 0.3) is 0 Å². The van der Waals surface area contributed by atoms with Gasteiger partial charge in [-0.15, -0.1) is 0 Å². The molecule has 3 heteroatoms. The van der Waals surface area contributed by atoms with Crippen LogP contribution in [0.2, 0.25) is 5.02 Å². The van der Waals surface area contributed by atoms with Gasteiger partial charge in [0, 0.05) is 18.7 Å². The number of aldehydes is 1. The highest BCUT2D eigenvalue weighted by atomic mass is 35.5. The summed E-state index contributed by atoms with van der Waals surface area (Å²) < 4.78 is 0. The highest BCUT2D eigenvalue weighted by molar-refractivity contribution is 6.33. The van der Waals surface area contributed by atoms with E-state index in [1.54, 1.807) is 6.07 Å². The molecule has 98 valence electrons. The Kier molecular flexibility index (Phi) is 3.96. The molecule has 1 saturated heterocycles. The van der Waals surface area contributed by atoms with Gasteiger partial charge in [0.1, 0.15) is 6.29 Å². The third-order valence-corrected chi connectivity index (χ3v) is 4.69. The number of carbonyl (C=O) groups excluding carboxylic acids is 1. The Morgan fingerprint density at radius 3 is 2.61 bits per heavy atom. The summed E-state index contributed by atoms with van der Waals surface area (Å²) in [5, 5.41) is 0.683. The molecule has 1 heterocycles. The molecule has 0 amide bonds. The van der Waals surface area contributed by atoms with E-state index < -0.39 is 0 Å². The smallest absolute Gasteiger partial charge is 0.150 e. The van der Waals surface area contributed by atoms with E-state index in [-0.39, 0.29) is 0 Å². The maximum Gasteiger partial charge on any atom is 0.150 e. The van der Waals surface area contributed by atoms with Crippen LogP contribution in [0, 0.1) is 5.41 Å². The standard InChI is InChI=1S/C15H20ClNO/c1-3-15(4-2)7-8-17(11-15)14-6-5-12(10-18)9-13(14)16/h5-6,9-10H,3-4,7-8,11H2,1-2H3. The van der Waals surface area contributed by atoms with Crippen LogP contribution in [0.25, 0.3) is 0 Å². The van der Waals surface area contributed by atoms with E-state index >= 15 is 0 Å². The monoisotopic (exact) mass is 265 g/mol. The van der Waals surface area contributed by atoms with Crippen molar-refractivity contribution in [3.8, 4) is 0 Å². The largest absolute Gasteiger partial charge is 0.370 e. The highest BCUT2D eigenvalue weighted by Gasteiger charge is 2.35. The molecule has 1 aliphatic rings. The van der Waals surface area contributed by atoms with Crippen LogP contribution in [0.5, 0.6) is 0 Å². The Bertz CT molecular complexity index is 440. The lowest BCUT2D eigenvalue weighted by Crippen LogP contribution is -2.26. The van der Waals surface area contributed by atoms with Crippen molar-refractivity contribution in [3.63, 3.8) is 0 Å². The molecule has 0 aliphatic carbocycles. The molecule has 0 unspecified atom stereocenters. The zero-order valence-corrected chi connectivity index (χ0v) is 11.8. The molecule has 1 aromatic rings. The average molecular weight is 266 g/mol. The molecule has 0 atom stereocenters. The van der Waals surface area contributed by atoms with Gasteiger partial charge in [-0.25, -0.2) is 0 Å². The van der Waals surface area contributed by atoms with Crippen LogP contribution in [-0.4, -0.2) is 19.4 Å². The first kappa shape index (κ1) is 13.4. The van der Waals surface area contributed by atoms with Crippen LogP contribution in [0.15, 0.2) is 18.2 Å². The summed E-state index contributed by atoms with van der Waals surface area (Å²) in [6.07, 6.45) is 4.49. The molecule has 1 aromatic carbocycles. The molecular weight excluding hydrogens is 246 g/mol. The number of carbonyl (C=O) groups is 1. The Balaban J connectivity index is 2.21. The van der Waals surface area contributed by atoms with E-state index in [4.69, 9.17) is 11.6 Å². The zero-order chi connectivity index (χ0) is 13.2. The summed E-state index contributed by atoms with van der Waals surface area (Å²) in [6.45, 7) is 6.66. The number of anilines is 1. The van der Waals surface area contributed by atoms with Crippen molar-refractivity contribution in [2.75, 3.05) is 18.0 Å². The lowest BCUT2D eigenvalue weighted by Gasteiger charge is -2.27. The highest BCUT2D eigenvalue weighted by Crippen LogP contribution is 2.40. The van der Waals surface area contributed by atoms with Crippen molar-refractivity contribution in [1.29, 1.82) is 0 Å². The lowest BCUT2D eigenvalue weighted by molar-refractivity contribution is 0.112. The fourth-order valence-corrected chi connectivity index (χ4v) is 3.13. The molecule has 2 nitrogen and oxygen atoms in total. The third-order valence-electron chi connectivity index (χ3n) is 4.39. The fourth-order valence-electron chi connectivity index (χ4n) is 2.82. The van der Waals surface area contributed by atoms with Crippen LogP contribution >= 0.6 is 11.6 Å². The van der Waals surface area contributed by atoms with Gasteiger partial charge in [-0.05, 0) is 42.9 Å².